The second-order valence-electron chi connectivity index (χ2n) is 6.22. The van der Waals surface area contributed by atoms with Gasteiger partial charge in [-0.3, -0.25) is 4.90 Å². The third kappa shape index (κ3) is 2.80. The number of nitrogens with zero attached hydrogens (tertiary/aromatic N) is 2. The molecule has 20 heavy (non-hydrogen) atoms. The van der Waals surface area contributed by atoms with Crippen LogP contribution in [0.2, 0.25) is 0 Å². The van der Waals surface area contributed by atoms with Crippen molar-refractivity contribution in [3.8, 4) is 10.8 Å². The highest BCUT2D eigenvalue weighted by Gasteiger charge is 2.33. The van der Waals surface area contributed by atoms with Crippen molar-refractivity contribution >= 4 is 11.3 Å². The zero-order valence-electron chi connectivity index (χ0n) is 12.0. The molecule has 0 spiro atoms. The second-order valence-corrected chi connectivity index (χ2v) is 7.16. The maximum absolute atomic E-state index is 6.18. The predicted molar refractivity (Wildman–Crippen MR) is 81.5 cm³/mol. The van der Waals surface area contributed by atoms with Gasteiger partial charge in [-0.15, -0.1) is 11.3 Å². The van der Waals surface area contributed by atoms with E-state index in [0.29, 0.717) is 0 Å². The van der Waals surface area contributed by atoms with Crippen LogP contribution in [0.5, 0.6) is 0 Å². The molecule has 1 aliphatic heterocycles. The van der Waals surface area contributed by atoms with Crippen molar-refractivity contribution in [1.29, 1.82) is 0 Å². The highest BCUT2D eigenvalue weighted by atomic mass is 32.1. The van der Waals surface area contributed by atoms with Crippen LogP contribution >= 0.6 is 11.3 Å². The Morgan fingerprint density at radius 2 is 2.40 bits per heavy atom. The summed E-state index contributed by atoms with van der Waals surface area (Å²) in [6.07, 6.45) is 2.82. The molecular weight excluding hydrogens is 270 g/mol. The number of aromatic nitrogens is 1. The maximum Gasteiger partial charge on any atom is 0.236 e. The summed E-state index contributed by atoms with van der Waals surface area (Å²) in [5, 5.41) is 2.04. The Bertz CT molecular complexity index is 561. The minimum absolute atomic E-state index is 0.165. The first kappa shape index (κ1) is 13.8. The molecule has 0 amide bonds. The molecule has 4 nitrogen and oxygen atoms in total. The Kier molecular flexibility index (Phi) is 3.67. The van der Waals surface area contributed by atoms with E-state index in [9.17, 15) is 0 Å². The molecule has 5 heteroatoms. The third-order valence-corrected chi connectivity index (χ3v) is 4.92. The van der Waals surface area contributed by atoms with E-state index in [1.807, 2.05) is 17.5 Å². The van der Waals surface area contributed by atoms with Crippen molar-refractivity contribution in [2.24, 2.45) is 11.1 Å². The van der Waals surface area contributed by atoms with Crippen LogP contribution in [0.15, 0.2) is 28.2 Å². The summed E-state index contributed by atoms with van der Waals surface area (Å²) in [5.41, 5.74) is 7.34. The van der Waals surface area contributed by atoms with Crippen LogP contribution in [0.4, 0.5) is 0 Å². The summed E-state index contributed by atoms with van der Waals surface area (Å²) in [6.45, 7) is 7.36. The normalized spacial score (nSPS) is 23.1. The van der Waals surface area contributed by atoms with Crippen molar-refractivity contribution in [2.45, 2.75) is 32.9 Å². The molecule has 1 atom stereocenters. The zero-order chi connectivity index (χ0) is 14.2. The van der Waals surface area contributed by atoms with Crippen LogP contribution in [0, 0.1) is 5.41 Å². The lowest BCUT2D eigenvalue weighted by Crippen LogP contribution is -2.52. The minimum atomic E-state index is 0.165. The molecule has 2 aromatic rings. The molecule has 1 fully saturated rings. The lowest BCUT2D eigenvalue weighted by atomic mass is 9.80. The molecule has 0 bridgehead atoms. The smallest absolute Gasteiger partial charge is 0.236 e. The first-order valence-corrected chi connectivity index (χ1v) is 7.89. The average Bonchev–Trinajstić information content (AvgIpc) is 3.03. The SMILES string of the molecule is CC1(C)CN(Cc2coc(-c3cccs3)n2)CCC1N. The molecule has 1 aliphatic rings. The Hall–Kier alpha value is -1.17. The van der Waals surface area contributed by atoms with Gasteiger partial charge in [0.2, 0.25) is 5.89 Å². The van der Waals surface area contributed by atoms with Gasteiger partial charge in [0.25, 0.3) is 0 Å². The van der Waals surface area contributed by atoms with E-state index in [1.165, 1.54) is 0 Å². The number of nitrogens with two attached hydrogens (primary N) is 1. The fourth-order valence-electron chi connectivity index (χ4n) is 2.74. The number of thiophene rings is 1. The summed E-state index contributed by atoms with van der Waals surface area (Å²) >= 11 is 1.65. The fourth-order valence-corrected chi connectivity index (χ4v) is 3.40. The Morgan fingerprint density at radius 3 is 3.10 bits per heavy atom. The van der Waals surface area contributed by atoms with Gasteiger partial charge < -0.3 is 10.2 Å². The van der Waals surface area contributed by atoms with Gasteiger partial charge in [0.05, 0.1) is 10.6 Å². The zero-order valence-corrected chi connectivity index (χ0v) is 12.8. The molecule has 0 saturated carbocycles. The molecule has 2 N–H and O–H groups in total. The van der Waals surface area contributed by atoms with Crippen molar-refractivity contribution in [3.05, 3.63) is 29.5 Å². The molecule has 3 heterocycles. The van der Waals surface area contributed by atoms with E-state index in [1.54, 1.807) is 17.6 Å². The van der Waals surface area contributed by atoms with Crippen LogP contribution in [-0.2, 0) is 6.54 Å². The van der Waals surface area contributed by atoms with Crippen molar-refractivity contribution in [2.75, 3.05) is 13.1 Å². The molecular formula is C15H21N3OS. The average molecular weight is 291 g/mol. The Labute approximate surface area is 123 Å². The highest BCUT2D eigenvalue weighted by molar-refractivity contribution is 7.13. The Morgan fingerprint density at radius 1 is 1.55 bits per heavy atom. The van der Waals surface area contributed by atoms with Crippen molar-refractivity contribution in [3.63, 3.8) is 0 Å². The van der Waals surface area contributed by atoms with Gasteiger partial charge in [0.1, 0.15) is 6.26 Å². The highest BCUT2D eigenvalue weighted by Crippen LogP contribution is 2.29. The molecule has 0 radical (unpaired) electrons. The second kappa shape index (κ2) is 5.31. The first-order chi connectivity index (χ1) is 9.54. The molecule has 2 aromatic heterocycles. The summed E-state index contributed by atoms with van der Waals surface area (Å²) < 4.78 is 5.57. The van der Waals surface area contributed by atoms with Gasteiger partial charge in [-0.1, -0.05) is 19.9 Å². The van der Waals surface area contributed by atoms with E-state index in [4.69, 9.17) is 10.2 Å². The van der Waals surface area contributed by atoms with E-state index < -0.39 is 0 Å². The third-order valence-electron chi connectivity index (χ3n) is 4.06. The molecule has 3 rings (SSSR count). The monoisotopic (exact) mass is 291 g/mol. The first-order valence-electron chi connectivity index (χ1n) is 7.01. The number of piperidine rings is 1. The summed E-state index contributed by atoms with van der Waals surface area (Å²) in [4.78, 5) is 8.08. The van der Waals surface area contributed by atoms with Crippen LogP contribution in [0.1, 0.15) is 26.0 Å². The number of hydrogen-bond acceptors (Lipinski definition) is 5. The molecule has 1 unspecified atom stereocenters. The van der Waals surface area contributed by atoms with Gasteiger partial charge in [-0.05, 0) is 23.3 Å². The fraction of sp³-hybridized carbons (Fsp3) is 0.533. The van der Waals surface area contributed by atoms with Gasteiger partial charge >= 0.3 is 0 Å². The van der Waals surface area contributed by atoms with E-state index in [-0.39, 0.29) is 11.5 Å². The molecule has 0 aliphatic carbocycles. The largest absolute Gasteiger partial charge is 0.444 e. The van der Waals surface area contributed by atoms with Crippen LogP contribution < -0.4 is 5.73 Å². The van der Waals surface area contributed by atoms with E-state index in [0.717, 1.165) is 42.5 Å². The van der Waals surface area contributed by atoms with Gasteiger partial charge in [0.15, 0.2) is 0 Å². The quantitative estimate of drug-likeness (QED) is 0.944. The van der Waals surface area contributed by atoms with Crippen molar-refractivity contribution in [1.82, 2.24) is 9.88 Å². The lowest BCUT2D eigenvalue weighted by molar-refractivity contribution is 0.0889. The van der Waals surface area contributed by atoms with Crippen LogP contribution in [-0.4, -0.2) is 29.0 Å². The van der Waals surface area contributed by atoms with Gasteiger partial charge in [0, 0.05) is 25.7 Å². The lowest BCUT2D eigenvalue weighted by Gasteiger charge is -2.42. The minimum Gasteiger partial charge on any atom is -0.444 e. The number of hydrogen-bond donors (Lipinski definition) is 1. The topological polar surface area (TPSA) is 55.3 Å². The van der Waals surface area contributed by atoms with Gasteiger partial charge in [-0.25, -0.2) is 4.98 Å². The van der Waals surface area contributed by atoms with Crippen LogP contribution in [0.25, 0.3) is 10.8 Å². The van der Waals surface area contributed by atoms with E-state index >= 15 is 0 Å². The summed E-state index contributed by atoms with van der Waals surface area (Å²) in [5.74, 6) is 0.725. The Balaban J connectivity index is 1.67. The van der Waals surface area contributed by atoms with Crippen LogP contribution in [0.3, 0.4) is 0 Å². The number of likely N-dealkylation sites (tertiary alicyclic amines) is 1. The van der Waals surface area contributed by atoms with Gasteiger partial charge in [-0.2, -0.15) is 0 Å². The molecule has 108 valence electrons. The molecule has 0 aromatic carbocycles. The number of rotatable bonds is 3. The predicted octanol–water partition coefficient (Wildman–Crippen LogP) is 2.96. The summed E-state index contributed by atoms with van der Waals surface area (Å²) in [6, 6.07) is 4.33. The summed E-state index contributed by atoms with van der Waals surface area (Å²) in [7, 11) is 0. The maximum atomic E-state index is 6.18. The van der Waals surface area contributed by atoms with E-state index in [2.05, 4.69) is 23.7 Å². The standard InChI is InChI=1S/C15H21N3OS/c1-15(2)10-18(6-5-13(15)16)8-11-9-19-14(17-11)12-4-3-7-20-12/h3-4,7,9,13H,5-6,8,10,16H2,1-2H3. The van der Waals surface area contributed by atoms with Crippen molar-refractivity contribution < 1.29 is 4.42 Å². The molecule has 1 saturated heterocycles. The number of oxazole rings is 1.